The van der Waals surface area contributed by atoms with E-state index in [4.69, 9.17) is 5.73 Å². The minimum atomic E-state index is -0.404. The van der Waals surface area contributed by atoms with Crippen molar-refractivity contribution in [1.82, 2.24) is 9.55 Å². The number of aromatic amines is 1. The van der Waals surface area contributed by atoms with Crippen LogP contribution in [0.15, 0.2) is 48.8 Å². The molecule has 1 fully saturated rings. The van der Waals surface area contributed by atoms with E-state index in [1.807, 2.05) is 24.4 Å². The molecule has 0 saturated carbocycles. The number of hydrogen-bond acceptors (Lipinski definition) is 3. The van der Waals surface area contributed by atoms with Crippen LogP contribution in [0.1, 0.15) is 47.2 Å². The summed E-state index contributed by atoms with van der Waals surface area (Å²) in [6.45, 7) is 2.93. The third-order valence-electron chi connectivity index (χ3n) is 6.61. The fourth-order valence-electron chi connectivity index (χ4n) is 4.98. The highest BCUT2D eigenvalue weighted by molar-refractivity contribution is 5.98. The van der Waals surface area contributed by atoms with Gasteiger partial charge in [0.1, 0.15) is 6.07 Å². The van der Waals surface area contributed by atoms with E-state index in [2.05, 4.69) is 38.8 Å². The number of nitrogens with one attached hydrogen (secondary N) is 1. The van der Waals surface area contributed by atoms with E-state index in [1.165, 1.54) is 35.7 Å². The van der Waals surface area contributed by atoms with Crippen molar-refractivity contribution in [3.05, 3.63) is 65.5 Å². The van der Waals surface area contributed by atoms with Crippen LogP contribution in [0, 0.1) is 11.3 Å². The Labute approximate surface area is 187 Å². The second-order valence-electron chi connectivity index (χ2n) is 8.61. The Morgan fingerprint density at radius 1 is 1.09 bits per heavy atom. The van der Waals surface area contributed by atoms with Crippen LogP contribution in [0.25, 0.3) is 21.8 Å². The van der Waals surface area contributed by atoms with Gasteiger partial charge >= 0.3 is 0 Å². The molecule has 2 aromatic carbocycles. The Morgan fingerprint density at radius 3 is 2.72 bits per heavy atom. The number of rotatable bonds is 6. The monoisotopic (exact) mass is 425 g/mol. The molecule has 0 radical (unpaired) electrons. The van der Waals surface area contributed by atoms with E-state index >= 15 is 0 Å². The summed E-state index contributed by atoms with van der Waals surface area (Å²) in [6, 6.07) is 14.1. The smallest absolute Gasteiger partial charge is 0.248 e. The highest BCUT2D eigenvalue weighted by atomic mass is 16.1. The molecule has 6 nitrogen and oxygen atoms in total. The Morgan fingerprint density at radius 2 is 1.94 bits per heavy atom. The van der Waals surface area contributed by atoms with Crippen LogP contribution in [0.4, 0.5) is 5.69 Å². The summed E-state index contributed by atoms with van der Waals surface area (Å²) in [5.74, 6) is -0.404. The zero-order valence-corrected chi connectivity index (χ0v) is 18.1. The zero-order valence-electron chi connectivity index (χ0n) is 18.1. The van der Waals surface area contributed by atoms with Crippen molar-refractivity contribution < 1.29 is 4.79 Å². The maximum atomic E-state index is 11.5. The maximum Gasteiger partial charge on any atom is 0.248 e. The first-order chi connectivity index (χ1) is 15.7. The summed E-state index contributed by atoms with van der Waals surface area (Å²) in [5.41, 5.74) is 11.2. The van der Waals surface area contributed by atoms with Gasteiger partial charge in [-0.25, -0.2) is 0 Å². The summed E-state index contributed by atoms with van der Waals surface area (Å²) in [6.07, 6.45) is 9.67. The lowest BCUT2D eigenvalue weighted by Crippen LogP contribution is -2.30. The van der Waals surface area contributed by atoms with E-state index in [9.17, 15) is 10.1 Å². The second-order valence-corrected chi connectivity index (χ2v) is 8.61. The van der Waals surface area contributed by atoms with Crippen LogP contribution in [0.2, 0.25) is 0 Å². The first-order valence-corrected chi connectivity index (χ1v) is 11.3. The minimum absolute atomic E-state index is 0.404. The third kappa shape index (κ3) is 3.60. The van der Waals surface area contributed by atoms with Gasteiger partial charge in [0.2, 0.25) is 5.91 Å². The molecule has 3 N–H and O–H groups in total. The summed E-state index contributed by atoms with van der Waals surface area (Å²) < 4.78 is 2.29. The topological polar surface area (TPSA) is 90.8 Å². The van der Waals surface area contributed by atoms with E-state index < -0.39 is 5.91 Å². The summed E-state index contributed by atoms with van der Waals surface area (Å²) in [7, 11) is 0. The van der Waals surface area contributed by atoms with Crippen LogP contribution in [0.3, 0.4) is 0 Å². The van der Waals surface area contributed by atoms with Crippen molar-refractivity contribution in [3.8, 4) is 6.07 Å². The maximum absolute atomic E-state index is 11.5. The molecule has 2 aromatic heterocycles. The van der Waals surface area contributed by atoms with Gasteiger partial charge in [0.25, 0.3) is 0 Å². The number of anilines is 1. The van der Waals surface area contributed by atoms with Crippen molar-refractivity contribution in [3.63, 3.8) is 0 Å². The molecule has 6 heteroatoms. The Hall–Kier alpha value is -3.72. The average molecular weight is 426 g/mol. The number of H-pyrrole nitrogens is 1. The number of carbonyl (C=O) groups excluding carboxylic acids is 1. The molecule has 0 atom stereocenters. The van der Waals surface area contributed by atoms with Gasteiger partial charge < -0.3 is 20.2 Å². The van der Waals surface area contributed by atoms with Crippen LogP contribution in [-0.4, -0.2) is 28.5 Å². The van der Waals surface area contributed by atoms with Crippen molar-refractivity contribution in [2.45, 2.75) is 38.6 Å². The number of primary amides is 1. The number of fused-ring (bicyclic) bond motifs is 2. The highest BCUT2D eigenvalue weighted by Crippen LogP contribution is 2.33. The van der Waals surface area contributed by atoms with Crippen molar-refractivity contribution in [2.75, 3.05) is 18.0 Å². The molecule has 1 aliphatic rings. The summed E-state index contributed by atoms with van der Waals surface area (Å²) in [5, 5.41) is 11.9. The van der Waals surface area contributed by atoms with Crippen LogP contribution < -0.4 is 10.6 Å². The number of hydrogen-bond donors (Lipinski definition) is 2. The number of nitrogens with two attached hydrogens (primary N) is 1. The van der Waals surface area contributed by atoms with Gasteiger partial charge in [-0.2, -0.15) is 5.26 Å². The molecule has 0 aliphatic carbocycles. The summed E-state index contributed by atoms with van der Waals surface area (Å²) in [4.78, 5) is 17.2. The number of piperidine rings is 1. The molecule has 5 rings (SSSR count). The molecule has 4 aromatic rings. The normalized spacial score (nSPS) is 14.2. The number of nitriles is 1. The Bertz CT molecular complexity index is 1330. The van der Waals surface area contributed by atoms with E-state index in [0.717, 1.165) is 54.6 Å². The zero-order chi connectivity index (χ0) is 22.1. The third-order valence-corrected chi connectivity index (χ3v) is 6.61. The molecule has 1 aliphatic heterocycles. The molecule has 0 bridgehead atoms. The molecule has 0 unspecified atom stereocenters. The molecule has 3 heterocycles. The van der Waals surface area contributed by atoms with E-state index in [1.54, 1.807) is 6.07 Å². The van der Waals surface area contributed by atoms with E-state index in [0.29, 0.717) is 5.56 Å². The predicted octanol–water partition coefficient (Wildman–Crippen LogP) is 4.72. The van der Waals surface area contributed by atoms with Crippen LogP contribution in [-0.2, 0) is 13.0 Å². The number of carbonyl (C=O) groups is 1. The van der Waals surface area contributed by atoms with Gasteiger partial charge in [0.15, 0.2) is 0 Å². The Balaban J connectivity index is 1.37. The average Bonchev–Trinajstić information content (AvgIpc) is 3.42. The van der Waals surface area contributed by atoms with Gasteiger partial charge in [-0.1, -0.05) is 0 Å². The second kappa shape index (κ2) is 8.43. The number of aromatic nitrogens is 2. The fraction of sp³-hybridized carbons (Fsp3) is 0.308. The molecule has 1 saturated heterocycles. The Kier molecular flexibility index (Phi) is 5.32. The molecular weight excluding hydrogens is 398 g/mol. The highest BCUT2D eigenvalue weighted by Gasteiger charge is 2.19. The summed E-state index contributed by atoms with van der Waals surface area (Å²) >= 11 is 0. The van der Waals surface area contributed by atoms with E-state index in [-0.39, 0.29) is 0 Å². The first kappa shape index (κ1) is 20.2. The molecule has 1 amide bonds. The number of amides is 1. The SMILES string of the molecule is N#Cc1ccc2c(ccn2CCCc2c[nH]c3ccc(C(N)=O)cc23)c1N1CCCCC1. The lowest BCUT2D eigenvalue weighted by atomic mass is 10.0. The van der Waals surface area contributed by atoms with Gasteiger partial charge in [-0.3, -0.25) is 4.79 Å². The first-order valence-electron chi connectivity index (χ1n) is 11.3. The van der Waals surface area contributed by atoms with Gasteiger partial charge in [0.05, 0.1) is 16.8 Å². The molecular formula is C26H27N5O. The molecule has 162 valence electrons. The lowest BCUT2D eigenvalue weighted by Gasteiger charge is -2.30. The van der Waals surface area contributed by atoms with Crippen molar-refractivity contribution in [2.24, 2.45) is 5.73 Å². The standard InChI is InChI=1S/C26H27N5O/c27-16-19-7-9-24-21(25(19)31-11-2-1-3-12-31)10-14-30(24)13-4-5-20-17-29-23-8-6-18(26(28)32)15-22(20)23/h6-10,14-15,17,29H,1-5,11-13H2,(H2,28,32). The fourth-order valence-corrected chi connectivity index (χ4v) is 4.98. The quantitative estimate of drug-likeness (QED) is 0.468. The lowest BCUT2D eigenvalue weighted by molar-refractivity contribution is 0.100. The molecule has 0 spiro atoms. The molecule has 32 heavy (non-hydrogen) atoms. The minimum Gasteiger partial charge on any atom is -0.370 e. The number of benzene rings is 2. The largest absolute Gasteiger partial charge is 0.370 e. The predicted molar refractivity (Wildman–Crippen MR) is 128 cm³/mol. The van der Waals surface area contributed by atoms with Crippen LogP contribution in [0.5, 0.6) is 0 Å². The number of nitrogens with zero attached hydrogens (tertiary/aromatic N) is 3. The van der Waals surface area contributed by atoms with Crippen molar-refractivity contribution in [1.29, 1.82) is 5.26 Å². The van der Waals surface area contributed by atoms with Crippen LogP contribution >= 0.6 is 0 Å². The van der Waals surface area contributed by atoms with Crippen molar-refractivity contribution >= 4 is 33.4 Å². The van der Waals surface area contributed by atoms with Gasteiger partial charge in [-0.05, 0) is 74.1 Å². The number of aryl methyl sites for hydroxylation is 2. The van der Waals surface area contributed by atoms with Gasteiger partial charge in [-0.15, -0.1) is 0 Å². The van der Waals surface area contributed by atoms with Gasteiger partial charge in [0, 0.05) is 53.9 Å².